The minimum Gasteiger partial charge on any atom is -0.468 e. The highest BCUT2D eigenvalue weighted by atomic mass is 32.2. The van der Waals surface area contributed by atoms with Crippen molar-refractivity contribution in [2.75, 3.05) is 0 Å². The molecule has 96 valence electrons. The molecule has 3 N–H and O–H groups in total. The van der Waals surface area contributed by atoms with Gasteiger partial charge in [-0.2, -0.15) is 0 Å². The molecule has 0 amide bonds. The van der Waals surface area contributed by atoms with E-state index >= 15 is 0 Å². The lowest BCUT2D eigenvalue weighted by Gasteiger charge is -2.17. The van der Waals surface area contributed by atoms with Crippen molar-refractivity contribution in [2.45, 2.75) is 30.3 Å². The first-order valence-electron chi connectivity index (χ1n) is 5.60. The number of aromatic nitrogens is 2. The fraction of sp³-hybridized carbons (Fsp3) is 0.333. The van der Waals surface area contributed by atoms with Gasteiger partial charge in [0.05, 0.1) is 11.5 Å². The van der Waals surface area contributed by atoms with Crippen LogP contribution in [-0.2, 0) is 0 Å². The van der Waals surface area contributed by atoms with Crippen LogP contribution in [0.1, 0.15) is 23.6 Å². The lowest BCUT2D eigenvalue weighted by molar-refractivity contribution is 0.486. The van der Waals surface area contributed by atoms with Gasteiger partial charge in [0.1, 0.15) is 5.76 Å². The Kier molecular flexibility index (Phi) is 3.88. The van der Waals surface area contributed by atoms with Crippen molar-refractivity contribution >= 4 is 11.8 Å². The highest BCUT2D eigenvalue weighted by Gasteiger charge is 2.21. The quantitative estimate of drug-likeness (QED) is 0.651. The van der Waals surface area contributed by atoms with Crippen LogP contribution in [0.4, 0.5) is 0 Å². The second-order valence-electron chi connectivity index (χ2n) is 4.10. The SMILES string of the molecule is Cc1cc(=O)[nH]c(SC(c2ccco2)C(C)N)n1. The van der Waals surface area contributed by atoms with Crippen LogP contribution in [0.3, 0.4) is 0 Å². The van der Waals surface area contributed by atoms with Crippen LogP contribution in [0.15, 0.2) is 38.8 Å². The number of nitrogens with two attached hydrogens (primary N) is 1. The van der Waals surface area contributed by atoms with Crippen molar-refractivity contribution in [3.8, 4) is 0 Å². The zero-order valence-electron chi connectivity index (χ0n) is 10.2. The molecule has 2 heterocycles. The summed E-state index contributed by atoms with van der Waals surface area (Å²) < 4.78 is 5.37. The summed E-state index contributed by atoms with van der Waals surface area (Å²) in [5, 5.41) is 0.476. The van der Waals surface area contributed by atoms with Crippen LogP contribution in [0.5, 0.6) is 0 Å². The summed E-state index contributed by atoms with van der Waals surface area (Å²) in [5.41, 5.74) is 6.48. The molecule has 2 atom stereocenters. The molecule has 0 aliphatic carbocycles. The number of furan rings is 1. The van der Waals surface area contributed by atoms with E-state index in [2.05, 4.69) is 9.97 Å². The number of rotatable bonds is 4. The van der Waals surface area contributed by atoms with Gasteiger partial charge in [-0.25, -0.2) is 4.98 Å². The predicted molar refractivity (Wildman–Crippen MR) is 70.6 cm³/mol. The second-order valence-corrected chi connectivity index (χ2v) is 5.24. The Labute approximate surface area is 109 Å². The van der Waals surface area contributed by atoms with E-state index in [1.165, 1.54) is 17.8 Å². The van der Waals surface area contributed by atoms with Crippen molar-refractivity contribution in [3.63, 3.8) is 0 Å². The monoisotopic (exact) mass is 265 g/mol. The first kappa shape index (κ1) is 12.9. The van der Waals surface area contributed by atoms with E-state index in [0.717, 1.165) is 5.76 Å². The van der Waals surface area contributed by atoms with Crippen molar-refractivity contribution in [2.24, 2.45) is 5.73 Å². The molecule has 0 bridgehead atoms. The fourth-order valence-electron chi connectivity index (χ4n) is 1.61. The summed E-state index contributed by atoms with van der Waals surface area (Å²) in [5.74, 6) is 0.777. The first-order valence-corrected chi connectivity index (χ1v) is 6.48. The van der Waals surface area contributed by atoms with Gasteiger partial charge in [0.15, 0.2) is 5.16 Å². The van der Waals surface area contributed by atoms with Gasteiger partial charge in [0, 0.05) is 17.8 Å². The van der Waals surface area contributed by atoms with Crippen LogP contribution in [0.2, 0.25) is 0 Å². The summed E-state index contributed by atoms with van der Waals surface area (Å²) >= 11 is 1.40. The number of hydrogen-bond acceptors (Lipinski definition) is 5. The van der Waals surface area contributed by atoms with E-state index < -0.39 is 0 Å². The summed E-state index contributed by atoms with van der Waals surface area (Å²) in [6, 6.07) is 5.02. The largest absolute Gasteiger partial charge is 0.468 e. The lowest BCUT2D eigenvalue weighted by Crippen LogP contribution is -2.23. The molecule has 0 saturated carbocycles. The molecule has 18 heavy (non-hydrogen) atoms. The van der Waals surface area contributed by atoms with Crippen LogP contribution in [-0.4, -0.2) is 16.0 Å². The number of aromatic amines is 1. The molecule has 2 unspecified atom stereocenters. The molecule has 0 aromatic carbocycles. The smallest absolute Gasteiger partial charge is 0.251 e. The van der Waals surface area contributed by atoms with Crippen molar-refractivity contribution < 1.29 is 4.42 Å². The average molecular weight is 265 g/mol. The maximum atomic E-state index is 11.4. The first-order chi connectivity index (χ1) is 8.56. The second kappa shape index (κ2) is 5.41. The number of aryl methyl sites for hydroxylation is 1. The zero-order chi connectivity index (χ0) is 13.1. The number of thioether (sulfide) groups is 1. The normalized spacial score (nSPS) is 14.4. The van der Waals surface area contributed by atoms with Gasteiger partial charge in [-0.15, -0.1) is 0 Å². The summed E-state index contributed by atoms with van der Waals surface area (Å²) in [7, 11) is 0. The van der Waals surface area contributed by atoms with Gasteiger partial charge in [0.25, 0.3) is 5.56 Å². The number of H-pyrrole nitrogens is 1. The molecule has 2 aromatic rings. The van der Waals surface area contributed by atoms with Gasteiger partial charge in [-0.1, -0.05) is 11.8 Å². The number of hydrogen-bond donors (Lipinski definition) is 2. The minimum absolute atomic E-state index is 0.0788. The van der Waals surface area contributed by atoms with E-state index in [1.54, 1.807) is 13.2 Å². The van der Waals surface area contributed by atoms with Crippen molar-refractivity contribution in [1.82, 2.24) is 9.97 Å². The molecule has 0 saturated heterocycles. The average Bonchev–Trinajstić information content (AvgIpc) is 2.77. The summed E-state index contributed by atoms with van der Waals surface area (Å²) in [6.07, 6.45) is 1.61. The standard InChI is InChI=1S/C12H15N3O2S/c1-7-6-10(16)15-12(14-7)18-11(8(2)13)9-4-3-5-17-9/h3-6,8,11H,13H2,1-2H3,(H,14,15,16). The van der Waals surface area contributed by atoms with Gasteiger partial charge in [-0.05, 0) is 26.0 Å². The molecule has 0 spiro atoms. The van der Waals surface area contributed by atoms with Crippen LogP contribution >= 0.6 is 11.8 Å². The third kappa shape index (κ3) is 3.02. The highest BCUT2D eigenvalue weighted by Crippen LogP contribution is 2.35. The van der Waals surface area contributed by atoms with E-state index in [9.17, 15) is 4.79 Å². The topological polar surface area (TPSA) is 84.9 Å². The number of nitrogens with one attached hydrogen (secondary N) is 1. The fourth-order valence-corrected chi connectivity index (χ4v) is 2.67. The zero-order valence-corrected chi connectivity index (χ0v) is 11.0. The molecule has 6 heteroatoms. The molecule has 5 nitrogen and oxygen atoms in total. The molecular weight excluding hydrogens is 250 g/mol. The third-order valence-electron chi connectivity index (χ3n) is 2.39. The summed E-state index contributed by atoms with van der Waals surface area (Å²) in [4.78, 5) is 18.4. The molecule has 0 aliphatic rings. The van der Waals surface area contributed by atoms with Crippen LogP contribution < -0.4 is 11.3 Å². The van der Waals surface area contributed by atoms with Crippen molar-refractivity contribution in [3.05, 3.63) is 46.3 Å². The lowest BCUT2D eigenvalue weighted by atomic mass is 10.2. The van der Waals surface area contributed by atoms with Crippen LogP contribution in [0.25, 0.3) is 0 Å². The maximum Gasteiger partial charge on any atom is 0.251 e. The van der Waals surface area contributed by atoms with Crippen LogP contribution in [0, 0.1) is 6.92 Å². The Morgan fingerprint density at radius 3 is 2.89 bits per heavy atom. The molecular formula is C12H15N3O2S. The molecule has 0 fully saturated rings. The van der Waals surface area contributed by atoms with E-state index in [-0.39, 0.29) is 16.9 Å². The van der Waals surface area contributed by atoms with Gasteiger partial charge in [0.2, 0.25) is 0 Å². The predicted octanol–water partition coefficient (Wildman–Crippen LogP) is 1.85. The Bertz CT molecular complexity index is 563. The van der Waals surface area contributed by atoms with E-state index in [1.807, 2.05) is 19.1 Å². The highest BCUT2D eigenvalue weighted by molar-refractivity contribution is 7.99. The number of nitrogens with zero attached hydrogens (tertiary/aromatic N) is 1. The van der Waals surface area contributed by atoms with Crippen molar-refractivity contribution in [1.29, 1.82) is 0 Å². The summed E-state index contributed by atoms with van der Waals surface area (Å²) in [6.45, 7) is 3.68. The molecule has 2 rings (SSSR count). The van der Waals surface area contributed by atoms with E-state index in [0.29, 0.717) is 10.9 Å². The van der Waals surface area contributed by atoms with Gasteiger partial charge in [-0.3, -0.25) is 4.79 Å². The Morgan fingerprint density at radius 1 is 1.56 bits per heavy atom. The third-order valence-corrected chi connectivity index (χ3v) is 3.72. The van der Waals surface area contributed by atoms with E-state index in [4.69, 9.17) is 10.2 Å². The Morgan fingerprint density at radius 2 is 2.33 bits per heavy atom. The Balaban J connectivity index is 2.27. The molecule has 2 aromatic heterocycles. The van der Waals surface area contributed by atoms with Gasteiger partial charge < -0.3 is 15.1 Å². The maximum absolute atomic E-state index is 11.4. The molecule has 0 radical (unpaired) electrons. The minimum atomic E-state index is -0.159. The molecule has 0 aliphatic heterocycles. The van der Waals surface area contributed by atoms with Gasteiger partial charge >= 0.3 is 0 Å². The Hall–Kier alpha value is -1.53.